The van der Waals surface area contributed by atoms with Gasteiger partial charge in [-0.25, -0.2) is 0 Å². The number of nitrogens with two attached hydrogens (primary N) is 1. The Morgan fingerprint density at radius 1 is 0.867 bits per heavy atom. The summed E-state index contributed by atoms with van der Waals surface area (Å²) in [7, 11) is 0. The Bertz CT molecular complexity index is 1110. The van der Waals surface area contributed by atoms with E-state index >= 15 is 0 Å². The number of hydrogen-bond acceptors (Lipinski definition) is 10. The molecule has 0 amide bonds. The maximum Gasteiger partial charge on any atom is 0.226 e. The summed E-state index contributed by atoms with van der Waals surface area (Å²) >= 11 is 0. The zero-order valence-corrected chi connectivity index (χ0v) is 27.3. The van der Waals surface area contributed by atoms with Gasteiger partial charge in [-0.2, -0.15) is 9.97 Å². The van der Waals surface area contributed by atoms with Gasteiger partial charge in [0.2, 0.25) is 5.95 Å². The Morgan fingerprint density at radius 2 is 1.62 bits per heavy atom. The number of hydrogen-bond donors (Lipinski definition) is 6. The summed E-state index contributed by atoms with van der Waals surface area (Å²) in [5, 5.41) is 29.7. The van der Waals surface area contributed by atoms with Gasteiger partial charge in [-0.1, -0.05) is 49.6 Å². The number of nitrogen functional groups attached to an aromatic ring is 1. The number of aliphatic hydroxyl groups is 2. The molecule has 0 spiro atoms. The Labute approximate surface area is 270 Å². The predicted octanol–water partition coefficient (Wildman–Crippen LogP) is 4.13. The highest BCUT2D eigenvalue weighted by Crippen LogP contribution is 2.31. The SMILES string of the molecule is Nc1cc(N2CCN(CCCC(O)O)C(c3ccccc3)C2)nc(NCC2CCC(CNCCCNC3CCCCC3)CC2)n1. The smallest absolute Gasteiger partial charge is 0.226 e. The van der Waals surface area contributed by atoms with Crippen molar-refractivity contribution < 1.29 is 10.2 Å². The fourth-order valence-electron chi connectivity index (χ4n) is 7.47. The van der Waals surface area contributed by atoms with Gasteiger partial charge in [-0.15, -0.1) is 0 Å². The summed E-state index contributed by atoms with van der Waals surface area (Å²) < 4.78 is 0. The van der Waals surface area contributed by atoms with E-state index in [1.54, 1.807) is 0 Å². The summed E-state index contributed by atoms with van der Waals surface area (Å²) in [5.74, 6) is 3.39. The topological polar surface area (TPSA) is 135 Å². The molecular weight excluding hydrogens is 564 g/mol. The van der Waals surface area contributed by atoms with E-state index in [2.05, 4.69) is 55.0 Å². The first-order valence-electron chi connectivity index (χ1n) is 17.8. The molecule has 1 aromatic carbocycles. The summed E-state index contributed by atoms with van der Waals surface area (Å²) in [4.78, 5) is 14.2. The van der Waals surface area contributed by atoms with Crippen LogP contribution in [0, 0.1) is 11.8 Å². The Kier molecular flexibility index (Phi) is 13.5. The van der Waals surface area contributed by atoms with Crippen molar-refractivity contribution >= 4 is 17.6 Å². The minimum absolute atomic E-state index is 0.186. The van der Waals surface area contributed by atoms with Crippen LogP contribution in [0.5, 0.6) is 0 Å². The van der Waals surface area contributed by atoms with E-state index in [1.807, 2.05) is 12.1 Å². The Morgan fingerprint density at radius 3 is 2.38 bits per heavy atom. The van der Waals surface area contributed by atoms with Gasteiger partial charge in [0.1, 0.15) is 11.6 Å². The average molecular weight is 623 g/mol. The molecule has 45 heavy (non-hydrogen) atoms. The highest BCUT2D eigenvalue weighted by Gasteiger charge is 2.29. The number of rotatable bonds is 16. The molecular formula is C35H58N8O2. The zero-order valence-electron chi connectivity index (χ0n) is 27.3. The van der Waals surface area contributed by atoms with E-state index in [0.29, 0.717) is 24.1 Å². The van der Waals surface area contributed by atoms with Crippen LogP contribution in [-0.4, -0.2) is 89.8 Å². The summed E-state index contributed by atoms with van der Waals surface area (Å²) in [6.45, 7) is 7.59. The van der Waals surface area contributed by atoms with E-state index in [1.165, 1.54) is 69.8 Å². The van der Waals surface area contributed by atoms with Crippen molar-refractivity contribution in [1.82, 2.24) is 25.5 Å². The maximum atomic E-state index is 9.33. The van der Waals surface area contributed by atoms with Gasteiger partial charge in [0, 0.05) is 38.3 Å². The van der Waals surface area contributed by atoms with Crippen LogP contribution in [0.3, 0.4) is 0 Å². The second kappa shape index (κ2) is 18.0. The van der Waals surface area contributed by atoms with Crippen molar-refractivity contribution in [1.29, 1.82) is 0 Å². The lowest BCUT2D eigenvalue weighted by Crippen LogP contribution is -2.49. The molecule has 10 nitrogen and oxygen atoms in total. The second-order valence-electron chi connectivity index (χ2n) is 13.6. The largest absolute Gasteiger partial charge is 0.383 e. The first-order valence-corrected chi connectivity index (χ1v) is 17.8. The molecule has 0 radical (unpaired) electrons. The number of nitrogens with zero attached hydrogens (tertiary/aromatic N) is 4. The minimum Gasteiger partial charge on any atom is -0.383 e. The van der Waals surface area contributed by atoms with Crippen LogP contribution in [0.25, 0.3) is 0 Å². The molecule has 2 heterocycles. The Hall–Kier alpha value is -2.50. The zero-order chi connectivity index (χ0) is 31.3. The fourth-order valence-corrected chi connectivity index (χ4v) is 7.47. The molecule has 3 fully saturated rings. The van der Waals surface area contributed by atoms with E-state index in [0.717, 1.165) is 76.6 Å². The quantitative estimate of drug-likeness (QED) is 0.120. The molecule has 1 unspecified atom stereocenters. The van der Waals surface area contributed by atoms with Gasteiger partial charge >= 0.3 is 0 Å². The van der Waals surface area contributed by atoms with Crippen LogP contribution in [0.2, 0.25) is 0 Å². The van der Waals surface area contributed by atoms with Crippen LogP contribution in [0.4, 0.5) is 17.6 Å². The van der Waals surface area contributed by atoms with Gasteiger partial charge < -0.3 is 36.8 Å². The normalized spacial score (nSPS) is 23.4. The van der Waals surface area contributed by atoms with Gasteiger partial charge in [0.05, 0.1) is 6.04 Å². The third-order valence-corrected chi connectivity index (χ3v) is 10.2. The molecule has 10 heteroatoms. The molecule has 0 bridgehead atoms. The molecule has 250 valence electrons. The maximum absolute atomic E-state index is 9.33. The lowest BCUT2D eigenvalue weighted by atomic mass is 9.82. The summed E-state index contributed by atoms with van der Waals surface area (Å²) in [5.41, 5.74) is 7.54. The summed E-state index contributed by atoms with van der Waals surface area (Å²) in [6.07, 6.45) is 13.1. The minimum atomic E-state index is -1.25. The van der Waals surface area contributed by atoms with Crippen LogP contribution in [0.15, 0.2) is 36.4 Å². The Balaban J connectivity index is 1.04. The molecule has 3 aliphatic rings. The van der Waals surface area contributed by atoms with Crippen LogP contribution in [-0.2, 0) is 0 Å². The highest BCUT2D eigenvalue weighted by atomic mass is 16.5. The molecule has 5 rings (SSSR count). The predicted molar refractivity (Wildman–Crippen MR) is 183 cm³/mol. The standard InChI is InChI=1S/C35H58N8O2/c36-32-23-33(43-22-21-42(20-7-13-34(44)45)31(26-43)29-9-3-1-4-10-29)41-35(40-32)39-25-28-16-14-27(15-17-28)24-37-18-8-19-38-30-11-5-2-6-12-30/h1,3-4,9-10,23,27-28,30-31,34,37-38,44-45H,2,5-8,11-22,24-26H2,(H3,36,39,40,41). The van der Waals surface area contributed by atoms with E-state index in [-0.39, 0.29) is 6.04 Å². The first-order chi connectivity index (χ1) is 22.0. The second-order valence-corrected chi connectivity index (χ2v) is 13.6. The molecule has 1 aliphatic heterocycles. The van der Waals surface area contributed by atoms with Crippen LogP contribution in [0.1, 0.15) is 88.7 Å². The molecule has 1 aromatic heterocycles. The van der Waals surface area contributed by atoms with Gasteiger partial charge in [-0.3, -0.25) is 4.90 Å². The van der Waals surface area contributed by atoms with Crippen molar-refractivity contribution in [3.63, 3.8) is 0 Å². The lowest BCUT2D eigenvalue weighted by Gasteiger charge is -2.42. The molecule has 2 saturated carbocycles. The van der Waals surface area contributed by atoms with E-state index in [4.69, 9.17) is 10.7 Å². The van der Waals surface area contributed by atoms with Crippen LogP contribution < -0.4 is 26.6 Å². The van der Waals surface area contributed by atoms with Gasteiger partial charge in [0.15, 0.2) is 6.29 Å². The molecule has 7 N–H and O–H groups in total. The van der Waals surface area contributed by atoms with Crippen molar-refractivity contribution in [2.45, 2.75) is 95.4 Å². The van der Waals surface area contributed by atoms with Crippen molar-refractivity contribution in [3.05, 3.63) is 42.0 Å². The fraction of sp³-hybridized carbons (Fsp3) is 0.714. The van der Waals surface area contributed by atoms with Crippen molar-refractivity contribution in [2.24, 2.45) is 11.8 Å². The van der Waals surface area contributed by atoms with Crippen molar-refractivity contribution in [3.8, 4) is 0 Å². The van der Waals surface area contributed by atoms with Gasteiger partial charge in [0.25, 0.3) is 0 Å². The van der Waals surface area contributed by atoms with E-state index < -0.39 is 6.29 Å². The number of piperazine rings is 1. The number of aliphatic hydroxyl groups excluding tert-OH is 1. The number of benzene rings is 1. The third-order valence-electron chi connectivity index (χ3n) is 10.2. The van der Waals surface area contributed by atoms with Crippen LogP contribution >= 0.6 is 0 Å². The highest BCUT2D eigenvalue weighted by molar-refractivity contribution is 5.52. The third kappa shape index (κ3) is 11.1. The molecule has 1 saturated heterocycles. The number of anilines is 3. The monoisotopic (exact) mass is 622 g/mol. The van der Waals surface area contributed by atoms with Crippen molar-refractivity contribution in [2.75, 3.05) is 68.3 Å². The molecule has 1 atom stereocenters. The number of nitrogens with one attached hydrogen (secondary N) is 3. The molecule has 2 aliphatic carbocycles. The summed E-state index contributed by atoms with van der Waals surface area (Å²) in [6, 6.07) is 13.4. The molecule has 2 aromatic rings. The first kappa shape index (κ1) is 33.9. The average Bonchev–Trinajstić information content (AvgIpc) is 3.06. The van der Waals surface area contributed by atoms with Gasteiger partial charge in [-0.05, 0) is 101 Å². The lowest BCUT2D eigenvalue weighted by molar-refractivity contribution is -0.0481. The van der Waals surface area contributed by atoms with E-state index in [9.17, 15) is 10.2 Å². The number of aromatic nitrogens is 2.